The Bertz CT molecular complexity index is 1960. The van der Waals surface area contributed by atoms with E-state index in [2.05, 4.69) is 29.1 Å². The predicted octanol–water partition coefficient (Wildman–Crippen LogP) is 6.80. The molecule has 56 heavy (non-hydrogen) atoms. The minimum absolute atomic E-state index is 0.0668. The van der Waals surface area contributed by atoms with Gasteiger partial charge in [-0.15, -0.1) is 11.3 Å². The van der Waals surface area contributed by atoms with Crippen LogP contribution in [0.2, 0.25) is 0 Å². The van der Waals surface area contributed by atoms with Crippen molar-refractivity contribution in [2.75, 3.05) is 13.7 Å². The highest BCUT2D eigenvalue weighted by atomic mass is 32.2. The van der Waals surface area contributed by atoms with Gasteiger partial charge in [0.05, 0.1) is 30.2 Å². The molecule has 1 saturated heterocycles. The Morgan fingerprint density at radius 3 is 2.55 bits per heavy atom. The normalized spacial score (nSPS) is 21.6. The van der Waals surface area contributed by atoms with Gasteiger partial charge in [0.1, 0.15) is 29.7 Å². The zero-order valence-electron chi connectivity index (χ0n) is 33.2. The zero-order valence-corrected chi connectivity index (χ0v) is 34.9. The van der Waals surface area contributed by atoms with Crippen molar-refractivity contribution in [3.05, 3.63) is 57.8 Å². The number of unbranched alkanes of at least 4 members (excludes halogenated alkanes) is 3. The largest absolute Gasteiger partial charge is 0.496 e. The van der Waals surface area contributed by atoms with E-state index in [0.29, 0.717) is 46.5 Å². The summed E-state index contributed by atoms with van der Waals surface area (Å²) in [5.41, 5.74) is 7.39. The molecule has 2 saturated carbocycles. The lowest BCUT2D eigenvalue weighted by molar-refractivity contribution is -0.139. The number of hydrogen-bond acceptors (Lipinski definition) is 10. The van der Waals surface area contributed by atoms with Crippen LogP contribution >= 0.6 is 23.3 Å². The van der Waals surface area contributed by atoms with E-state index in [1.54, 1.807) is 31.2 Å². The molecule has 2 aromatic heterocycles. The molecule has 3 heterocycles. The maximum absolute atomic E-state index is 14.3. The minimum atomic E-state index is -0.911. The van der Waals surface area contributed by atoms with Crippen LogP contribution in [0.5, 0.6) is 17.4 Å². The maximum atomic E-state index is 14.3. The number of primary amides is 1. The molecular formula is C42H55N5O7S2. The van der Waals surface area contributed by atoms with Crippen molar-refractivity contribution in [1.29, 1.82) is 0 Å². The number of rotatable bonds is 19. The lowest BCUT2D eigenvalue weighted by Gasteiger charge is -2.27. The van der Waals surface area contributed by atoms with Crippen molar-refractivity contribution in [3.8, 4) is 17.4 Å². The monoisotopic (exact) mass is 805 g/mol. The van der Waals surface area contributed by atoms with Crippen LogP contribution in [-0.2, 0) is 14.4 Å². The van der Waals surface area contributed by atoms with E-state index >= 15 is 0 Å². The number of ether oxygens (including phenoxy) is 3. The van der Waals surface area contributed by atoms with E-state index in [1.165, 1.54) is 16.2 Å². The molecule has 2 aliphatic carbocycles. The first-order chi connectivity index (χ1) is 26.7. The second-order valence-electron chi connectivity index (χ2n) is 15.8. The van der Waals surface area contributed by atoms with E-state index in [4.69, 9.17) is 24.9 Å². The topological polar surface area (TPSA) is 162 Å². The molecule has 14 heteroatoms. The number of thiophene rings is 1. The van der Waals surface area contributed by atoms with Crippen LogP contribution in [0.1, 0.15) is 98.7 Å². The third kappa shape index (κ3) is 10.4. The average Bonchev–Trinajstić information content (AvgIpc) is 4.00. The number of likely N-dealkylation sites (tertiary alicyclic amines) is 1. The number of allylic oxidation sites excluding steroid dienone is 2. The minimum Gasteiger partial charge on any atom is -0.496 e. The Balaban J connectivity index is 1.09. The summed E-state index contributed by atoms with van der Waals surface area (Å²) in [4.78, 5) is 60.7. The van der Waals surface area contributed by atoms with Crippen LogP contribution in [0.25, 0.3) is 10.9 Å². The highest BCUT2D eigenvalue weighted by Crippen LogP contribution is 2.47. The van der Waals surface area contributed by atoms with Gasteiger partial charge >= 0.3 is 0 Å². The molecule has 3 aliphatic rings. The summed E-state index contributed by atoms with van der Waals surface area (Å²) in [5, 5.41) is 3.72. The second kappa shape index (κ2) is 17.9. The van der Waals surface area contributed by atoms with Gasteiger partial charge in [0.25, 0.3) is 5.91 Å². The van der Waals surface area contributed by atoms with Gasteiger partial charge in [-0.2, -0.15) is 0 Å². The van der Waals surface area contributed by atoms with Gasteiger partial charge in [-0.3, -0.25) is 23.9 Å². The van der Waals surface area contributed by atoms with Gasteiger partial charge < -0.3 is 30.2 Å². The Morgan fingerprint density at radius 1 is 1.09 bits per heavy atom. The summed E-state index contributed by atoms with van der Waals surface area (Å²) in [6, 6.07) is 7.31. The lowest BCUT2D eigenvalue weighted by Crippen LogP contribution is -2.52. The van der Waals surface area contributed by atoms with Crippen LogP contribution < -0.4 is 30.0 Å². The molecule has 3 fully saturated rings. The van der Waals surface area contributed by atoms with Crippen LogP contribution in [0.4, 0.5) is 0 Å². The molecule has 3 unspecified atom stereocenters. The smallest absolute Gasteiger partial charge is 0.262 e. The van der Waals surface area contributed by atoms with Crippen LogP contribution in [0, 0.1) is 25.7 Å². The van der Waals surface area contributed by atoms with Crippen LogP contribution in [0.3, 0.4) is 0 Å². The van der Waals surface area contributed by atoms with Crippen molar-refractivity contribution in [2.24, 2.45) is 17.6 Å². The molecule has 4 N–H and O–H groups in total. The fourth-order valence-corrected chi connectivity index (χ4v) is 8.69. The summed E-state index contributed by atoms with van der Waals surface area (Å²) in [5.74, 6) is 0.745. The third-order valence-electron chi connectivity index (χ3n) is 10.7. The first-order valence-corrected chi connectivity index (χ1v) is 21.3. The third-order valence-corrected chi connectivity index (χ3v) is 12.9. The maximum Gasteiger partial charge on any atom is 0.262 e. The molecule has 302 valence electrons. The number of nitrogens with zero attached hydrogens (tertiary/aromatic N) is 2. The van der Waals surface area contributed by atoms with E-state index in [0.717, 1.165) is 54.4 Å². The SMILES string of the molecule is COc1ccc2c(O[C@@H]3CC(C(N)=O)N(C(=O)[C@H](CCCCC/C=C\C4CC4C(=O)NSC4(C)CC4)NC(=O)c4ccc(C)s4)C3)cc(OC(C)C)nc2c1C. The molecule has 4 amide bonds. The highest BCUT2D eigenvalue weighted by Gasteiger charge is 2.44. The Kier molecular flexibility index (Phi) is 13.2. The second-order valence-corrected chi connectivity index (χ2v) is 18.5. The van der Waals surface area contributed by atoms with Crippen LogP contribution in [-0.4, -0.2) is 76.2 Å². The van der Waals surface area contributed by atoms with E-state index in [9.17, 15) is 19.2 Å². The van der Waals surface area contributed by atoms with Crippen molar-refractivity contribution in [3.63, 3.8) is 0 Å². The lowest BCUT2D eigenvalue weighted by atomic mass is 10.0. The Morgan fingerprint density at radius 2 is 1.88 bits per heavy atom. The molecule has 12 nitrogen and oxygen atoms in total. The van der Waals surface area contributed by atoms with Gasteiger partial charge in [-0.05, 0) is 115 Å². The van der Waals surface area contributed by atoms with Gasteiger partial charge in [0.15, 0.2) is 0 Å². The number of hydrogen-bond donors (Lipinski definition) is 3. The Hall–Kier alpha value is -4.30. The van der Waals surface area contributed by atoms with Gasteiger partial charge in [-0.25, -0.2) is 4.98 Å². The number of pyridine rings is 1. The van der Waals surface area contributed by atoms with E-state index in [-0.39, 0.29) is 47.5 Å². The number of benzene rings is 1. The molecule has 1 aliphatic heterocycles. The van der Waals surface area contributed by atoms with Crippen LogP contribution in [0.15, 0.2) is 42.5 Å². The number of aryl methyl sites for hydroxylation is 2. The number of carbonyl (C=O) groups excluding carboxylic acids is 4. The number of aromatic nitrogens is 1. The summed E-state index contributed by atoms with van der Waals surface area (Å²) >= 11 is 2.93. The molecule has 3 aromatic rings. The number of nitrogens with one attached hydrogen (secondary N) is 2. The summed E-state index contributed by atoms with van der Waals surface area (Å²) in [6.07, 6.45) is 10.7. The van der Waals surface area contributed by atoms with Crippen molar-refractivity contribution in [1.82, 2.24) is 19.9 Å². The number of nitrogens with two attached hydrogens (primary N) is 1. The summed E-state index contributed by atoms with van der Waals surface area (Å²) in [7, 11) is 1.60. The number of fused-ring (bicyclic) bond motifs is 1. The number of carbonyl (C=O) groups is 4. The standard InChI is InChI=1S/C42H55N5O7S2/c1-24(2)53-36-22-34(29-15-16-33(52-6)26(4)37(29)45-36)54-28-21-32(38(43)48)47(23-28)41(51)31(44-40(50)35-17-14-25(3)55-35)13-11-9-7-8-10-12-27-20-30(27)39(49)46-56-42(5)18-19-42/h10,12,14-17,22,24,27-28,30-32H,7-9,11,13,18-21,23H2,1-6H3,(H2,43,48)(H,44,50)(H,46,49)/b12-10-/t27?,28-,30?,31+,32?/m1/s1. The molecule has 0 bridgehead atoms. The molecular weight excluding hydrogens is 751 g/mol. The van der Waals surface area contributed by atoms with E-state index in [1.807, 2.05) is 45.9 Å². The fourth-order valence-electron chi connectivity index (χ4n) is 7.11. The molecule has 0 spiro atoms. The Labute approximate surface area is 337 Å². The summed E-state index contributed by atoms with van der Waals surface area (Å²) < 4.78 is 21.3. The first kappa shape index (κ1) is 41.3. The predicted molar refractivity (Wildman–Crippen MR) is 220 cm³/mol. The van der Waals surface area contributed by atoms with Gasteiger partial charge in [0, 0.05) is 39.0 Å². The van der Waals surface area contributed by atoms with Crippen molar-refractivity contribution < 1.29 is 33.4 Å². The van der Waals surface area contributed by atoms with Crippen molar-refractivity contribution in [2.45, 2.75) is 121 Å². The summed E-state index contributed by atoms with van der Waals surface area (Å²) in [6.45, 7) is 9.96. The molecule has 5 atom stereocenters. The number of amides is 4. The molecule has 6 rings (SSSR count). The molecule has 0 radical (unpaired) electrons. The highest BCUT2D eigenvalue weighted by molar-refractivity contribution is 7.99. The van der Waals surface area contributed by atoms with Gasteiger partial charge in [0.2, 0.25) is 23.6 Å². The molecule has 1 aromatic carbocycles. The average molecular weight is 806 g/mol. The van der Waals surface area contributed by atoms with Gasteiger partial charge in [-0.1, -0.05) is 25.0 Å². The zero-order chi connectivity index (χ0) is 40.1. The van der Waals surface area contributed by atoms with E-state index < -0.39 is 24.1 Å². The quantitative estimate of drug-likeness (QED) is 0.0672. The first-order valence-electron chi connectivity index (χ1n) is 19.7. The number of methoxy groups -OCH3 is 1. The fraction of sp³-hybridized carbons (Fsp3) is 0.548. The van der Waals surface area contributed by atoms with Crippen molar-refractivity contribution >= 4 is 57.8 Å².